The highest BCUT2D eigenvalue weighted by atomic mass is 35.5. The van der Waals surface area contributed by atoms with Crippen molar-refractivity contribution in [3.8, 4) is 11.5 Å². The minimum Gasteiger partial charge on any atom is -0.496 e. The van der Waals surface area contributed by atoms with Gasteiger partial charge in [0.25, 0.3) is 5.91 Å². The third-order valence-electron chi connectivity index (χ3n) is 4.13. The number of amides is 1. The van der Waals surface area contributed by atoms with Crippen molar-refractivity contribution in [1.82, 2.24) is 4.90 Å². The molecule has 0 spiro atoms. The van der Waals surface area contributed by atoms with Crippen molar-refractivity contribution in [3.63, 3.8) is 0 Å². The first kappa shape index (κ1) is 16.7. The summed E-state index contributed by atoms with van der Waals surface area (Å²) in [6, 6.07) is 12.7. The summed E-state index contributed by atoms with van der Waals surface area (Å²) >= 11 is 5.88. The monoisotopic (exact) mass is 345 g/mol. The van der Waals surface area contributed by atoms with E-state index in [0.717, 1.165) is 37.2 Å². The van der Waals surface area contributed by atoms with Crippen LogP contribution >= 0.6 is 11.6 Å². The summed E-state index contributed by atoms with van der Waals surface area (Å²) in [4.78, 5) is 14.4. The van der Waals surface area contributed by atoms with Gasteiger partial charge >= 0.3 is 0 Å². The van der Waals surface area contributed by atoms with E-state index in [4.69, 9.17) is 21.1 Å². The van der Waals surface area contributed by atoms with E-state index in [2.05, 4.69) is 0 Å². The third kappa shape index (κ3) is 3.82. The molecule has 2 aromatic carbocycles. The van der Waals surface area contributed by atoms with Crippen molar-refractivity contribution in [3.05, 3.63) is 58.6 Å². The largest absolute Gasteiger partial charge is 0.496 e. The number of hydrogen-bond acceptors (Lipinski definition) is 3. The predicted octanol–water partition coefficient (Wildman–Crippen LogP) is 4.16. The summed E-state index contributed by atoms with van der Waals surface area (Å²) in [7, 11) is 1.61. The summed E-state index contributed by atoms with van der Waals surface area (Å²) in [5.74, 6) is 1.50. The molecule has 0 radical (unpaired) electrons. The molecule has 0 atom stereocenters. The van der Waals surface area contributed by atoms with Crippen molar-refractivity contribution in [2.24, 2.45) is 0 Å². The first-order valence-electron chi connectivity index (χ1n) is 8.02. The molecule has 0 bridgehead atoms. The molecule has 0 aromatic heterocycles. The second-order valence-corrected chi connectivity index (χ2v) is 6.20. The molecule has 4 nitrogen and oxygen atoms in total. The lowest BCUT2D eigenvalue weighted by molar-refractivity contribution is 0.0792. The zero-order valence-corrected chi connectivity index (χ0v) is 14.4. The molecular formula is C19H20ClNO3. The van der Waals surface area contributed by atoms with Gasteiger partial charge in [-0.05, 0) is 55.3 Å². The van der Waals surface area contributed by atoms with Crippen LogP contribution in [0.25, 0.3) is 0 Å². The number of benzene rings is 2. The van der Waals surface area contributed by atoms with Gasteiger partial charge in [-0.2, -0.15) is 0 Å². The number of carbonyl (C=O) groups excluding carboxylic acids is 1. The predicted molar refractivity (Wildman–Crippen MR) is 93.9 cm³/mol. The maximum Gasteiger partial charge on any atom is 0.253 e. The Morgan fingerprint density at radius 1 is 1.12 bits per heavy atom. The minimum atomic E-state index is 0.0721. The Labute approximate surface area is 146 Å². The third-order valence-corrected chi connectivity index (χ3v) is 4.38. The van der Waals surface area contributed by atoms with Crippen molar-refractivity contribution in [1.29, 1.82) is 0 Å². The number of methoxy groups -OCH3 is 1. The average molecular weight is 346 g/mol. The van der Waals surface area contributed by atoms with Gasteiger partial charge in [-0.3, -0.25) is 4.79 Å². The molecule has 1 amide bonds. The normalized spacial score (nSPS) is 13.8. The van der Waals surface area contributed by atoms with E-state index in [0.29, 0.717) is 22.9 Å². The number of nitrogens with zero attached hydrogens (tertiary/aromatic N) is 1. The van der Waals surface area contributed by atoms with Gasteiger partial charge < -0.3 is 14.4 Å². The van der Waals surface area contributed by atoms with E-state index < -0.39 is 0 Å². The van der Waals surface area contributed by atoms with E-state index in [1.165, 1.54) is 0 Å². The lowest BCUT2D eigenvalue weighted by Crippen LogP contribution is -2.27. The molecule has 1 saturated heterocycles. The molecule has 5 heteroatoms. The van der Waals surface area contributed by atoms with Gasteiger partial charge in [0.1, 0.15) is 18.1 Å². The van der Waals surface area contributed by atoms with Gasteiger partial charge in [-0.25, -0.2) is 0 Å². The van der Waals surface area contributed by atoms with Gasteiger partial charge in [0.15, 0.2) is 0 Å². The Kier molecular flexibility index (Phi) is 5.26. The summed E-state index contributed by atoms with van der Waals surface area (Å²) < 4.78 is 11.2. The molecule has 0 saturated carbocycles. The van der Waals surface area contributed by atoms with Crippen LogP contribution < -0.4 is 9.47 Å². The second kappa shape index (κ2) is 7.58. The smallest absolute Gasteiger partial charge is 0.253 e. The number of hydrogen-bond donors (Lipinski definition) is 0. The molecule has 2 aromatic rings. The first-order chi connectivity index (χ1) is 11.7. The Morgan fingerprint density at radius 2 is 1.83 bits per heavy atom. The molecule has 1 aliphatic heterocycles. The highest BCUT2D eigenvalue weighted by molar-refractivity contribution is 6.30. The maximum atomic E-state index is 12.5. The summed E-state index contributed by atoms with van der Waals surface area (Å²) in [5, 5.41) is 0.665. The highest BCUT2D eigenvalue weighted by Gasteiger charge is 2.20. The Morgan fingerprint density at radius 3 is 2.50 bits per heavy atom. The van der Waals surface area contributed by atoms with Gasteiger partial charge in [-0.15, -0.1) is 0 Å². The lowest BCUT2D eigenvalue weighted by atomic mass is 10.1. The van der Waals surface area contributed by atoms with Crippen LogP contribution in [0.2, 0.25) is 5.02 Å². The van der Waals surface area contributed by atoms with E-state index in [1.54, 1.807) is 19.2 Å². The van der Waals surface area contributed by atoms with E-state index in [9.17, 15) is 4.79 Å². The van der Waals surface area contributed by atoms with Gasteiger partial charge in [0.2, 0.25) is 0 Å². The average Bonchev–Trinajstić information content (AvgIpc) is 3.15. The Bertz CT molecular complexity index is 709. The zero-order valence-electron chi connectivity index (χ0n) is 13.6. The van der Waals surface area contributed by atoms with E-state index in [-0.39, 0.29) is 5.91 Å². The number of carbonyl (C=O) groups is 1. The summed E-state index contributed by atoms with van der Waals surface area (Å²) in [6.07, 6.45) is 2.16. The molecule has 1 heterocycles. The van der Waals surface area contributed by atoms with Crippen molar-refractivity contribution in [2.75, 3.05) is 20.2 Å². The SMILES string of the molecule is COc1ccc(C(=O)N2CCCC2)cc1COc1ccc(Cl)cc1. The summed E-state index contributed by atoms with van der Waals surface area (Å²) in [6.45, 7) is 1.99. The number of halogens is 1. The van der Waals surface area contributed by atoms with Gasteiger partial charge in [0.05, 0.1) is 7.11 Å². The van der Waals surface area contributed by atoms with Crippen LogP contribution in [-0.4, -0.2) is 31.0 Å². The van der Waals surface area contributed by atoms with E-state index in [1.807, 2.05) is 35.2 Å². The molecular weight excluding hydrogens is 326 g/mol. The van der Waals surface area contributed by atoms with Gasteiger partial charge in [-0.1, -0.05) is 11.6 Å². The standard InChI is InChI=1S/C19H20ClNO3/c1-23-18-9-4-14(19(22)21-10-2-3-11-21)12-15(18)13-24-17-7-5-16(20)6-8-17/h4-9,12H,2-3,10-11,13H2,1H3. The Hall–Kier alpha value is -2.20. The molecule has 1 fully saturated rings. The van der Waals surface area contributed by atoms with Crippen molar-refractivity contribution in [2.45, 2.75) is 19.4 Å². The maximum absolute atomic E-state index is 12.5. The molecule has 0 N–H and O–H groups in total. The second-order valence-electron chi connectivity index (χ2n) is 5.77. The number of likely N-dealkylation sites (tertiary alicyclic amines) is 1. The minimum absolute atomic E-state index is 0.0721. The van der Waals surface area contributed by atoms with Crippen LogP contribution in [0.3, 0.4) is 0 Å². The first-order valence-corrected chi connectivity index (χ1v) is 8.40. The lowest BCUT2D eigenvalue weighted by Gasteiger charge is -2.17. The van der Waals surface area contributed by atoms with Crippen LogP contribution in [-0.2, 0) is 6.61 Å². The van der Waals surface area contributed by atoms with Crippen LogP contribution in [0.5, 0.6) is 11.5 Å². The van der Waals surface area contributed by atoms with Crippen LogP contribution in [0.1, 0.15) is 28.8 Å². The Balaban J connectivity index is 1.76. The van der Waals surface area contributed by atoms with Crippen molar-refractivity contribution >= 4 is 17.5 Å². The fourth-order valence-corrected chi connectivity index (χ4v) is 2.95. The number of rotatable bonds is 5. The van der Waals surface area contributed by atoms with Crippen LogP contribution in [0, 0.1) is 0 Å². The fraction of sp³-hybridized carbons (Fsp3) is 0.316. The molecule has 24 heavy (non-hydrogen) atoms. The molecule has 0 unspecified atom stereocenters. The quantitative estimate of drug-likeness (QED) is 0.816. The fourth-order valence-electron chi connectivity index (χ4n) is 2.82. The molecule has 0 aliphatic carbocycles. The number of ether oxygens (including phenoxy) is 2. The van der Waals surface area contributed by atoms with Crippen LogP contribution in [0.4, 0.5) is 0 Å². The van der Waals surface area contributed by atoms with E-state index >= 15 is 0 Å². The topological polar surface area (TPSA) is 38.8 Å². The van der Waals surface area contributed by atoms with Crippen LogP contribution in [0.15, 0.2) is 42.5 Å². The van der Waals surface area contributed by atoms with Crippen molar-refractivity contribution < 1.29 is 14.3 Å². The van der Waals surface area contributed by atoms with Gasteiger partial charge in [0, 0.05) is 29.2 Å². The highest BCUT2D eigenvalue weighted by Crippen LogP contribution is 2.24. The molecule has 1 aliphatic rings. The molecule has 3 rings (SSSR count). The zero-order chi connectivity index (χ0) is 16.9. The molecule has 126 valence electrons. The summed E-state index contributed by atoms with van der Waals surface area (Å²) in [5.41, 5.74) is 1.52.